The number of aromatic nitrogens is 1. The van der Waals surface area contributed by atoms with E-state index in [0.717, 1.165) is 0 Å². The van der Waals surface area contributed by atoms with Crippen molar-refractivity contribution in [2.75, 3.05) is 11.9 Å². The number of nitriles is 1. The lowest BCUT2D eigenvalue weighted by Crippen LogP contribution is -2.29. The number of rotatable bonds is 5. The summed E-state index contributed by atoms with van der Waals surface area (Å²) in [5.41, 5.74) is 1.56. The van der Waals surface area contributed by atoms with Crippen molar-refractivity contribution in [2.24, 2.45) is 0 Å². The van der Waals surface area contributed by atoms with Gasteiger partial charge >= 0.3 is 5.76 Å². The van der Waals surface area contributed by atoms with E-state index in [0.29, 0.717) is 22.5 Å². The average molecular weight is 337 g/mol. The molecule has 3 aromatic rings. The van der Waals surface area contributed by atoms with E-state index in [4.69, 9.17) is 14.4 Å². The van der Waals surface area contributed by atoms with Crippen LogP contribution in [0.5, 0.6) is 5.75 Å². The fourth-order valence-electron chi connectivity index (χ4n) is 2.46. The fourth-order valence-corrected chi connectivity index (χ4v) is 2.46. The van der Waals surface area contributed by atoms with Gasteiger partial charge < -0.3 is 14.5 Å². The highest BCUT2D eigenvalue weighted by atomic mass is 16.5. The predicted octanol–water partition coefficient (Wildman–Crippen LogP) is 2.70. The smallest absolute Gasteiger partial charge is 0.420 e. The lowest BCUT2D eigenvalue weighted by Gasteiger charge is -2.13. The third-order valence-corrected chi connectivity index (χ3v) is 3.71. The number of fused-ring (bicyclic) bond motifs is 1. The average Bonchev–Trinajstić information content (AvgIpc) is 2.96. The molecule has 2 aromatic carbocycles. The quantitative estimate of drug-likeness (QED) is 0.772. The number of carbonyl (C=O) groups is 1. The summed E-state index contributed by atoms with van der Waals surface area (Å²) in [7, 11) is 0. The summed E-state index contributed by atoms with van der Waals surface area (Å²) in [6.07, 6.45) is 0. The van der Waals surface area contributed by atoms with Gasteiger partial charge in [0, 0.05) is 5.69 Å². The highest BCUT2D eigenvalue weighted by Gasteiger charge is 2.21. The number of hydrogen-bond donors (Lipinski definition) is 1. The third-order valence-electron chi connectivity index (χ3n) is 3.71. The summed E-state index contributed by atoms with van der Waals surface area (Å²) in [5, 5.41) is 11.2. The standard InChI is InChI=1S/C18H15N3O4/c1-12(21-15-4-2-3-5-16(15)25-18(21)23)17(22)20-13-6-8-14(9-7-13)24-11-10-19/h2-9,12H,11H2,1H3,(H,20,22)/t12-/m0/s1. The Bertz CT molecular complexity index is 996. The van der Waals surface area contributed by atoms with Crippen molar-refractivity contribution in [3.63, 3.8) is 0 Å². The highest BCUT2D eigenvalue weighted by molar-refractivity contribution is 5.94. The molecule has 1 atom stereocenters. The molecule has 0 radical (unpaired) electrons. The van der Waals surface area contributed by atoms with Crippen molar-refractivity contribution in [1.29, 1.82) is 5.26 Å². The summed E-state index contributed by atoms with van der Waals surface area (Å²) in [6.45, 7) is 1.59. The Balaban J connectivity index is 1.77. The Hall–Kier alpha value is -3.53. The van der Waals surface area contributed by atoms with Crippen molar-refractivity contribution in [3.8, 4) is 11.8 Å². The van der Waals surface area contributed by atoms with Crippen molar-refractivity contribution >= 4 is 22.7 Å². The van der Waals surface area contributed by atoms with Crippen molar-refractivity contribution in [3.05, 3.63) is 59.1 Å². The first kappa shape index (κ1) is 16.3. The van der Waals surface area contributed by atoms with Gasteiger partial charge in [-0.1, -0.05) is 12.1 Å². The molecule has 3 rings (SSSR count). The summed E-state index contributed by atoms with van der Waals surface area (Å²) < 4.78 is 11.6. The molecule has 25 heavy (non-hydrogen) atoms. The first-order valence-corrected chi connectivity index (χ1v) is 7.61. The van der Waals surface area contributed by atoms with E-state index in [1.165, 1.54) is 4.57 Å². The minimum Gasteiger partial charge on any atom is -0.479 e. The molecular weight excluding hydrogens is 322 g/mol. The number of nitrogens with zero attached hydrogens (tertiary/aromatic N) is 2. The zero-order chi connectivity index (χ0) is 17.8. The molecule has 0 unspecified atom stereocenters. The van der Waals surface area contributed by atoms with E-state index in [-0.39, 0.29) is 12.5 Å². The second kappa shape index (κ2) is 6.93. The monoisotopic (exact) mass is 337 g/mol. The van der Waals surface area contributed by atoms with Crippen LogP contribution in [-0.4, -0.2) is 17.1 Å². The van der Waals surface area contributed by atoms with Crippen LogP contribution in [-0.2, 0) is 4.79 Å². The van der Waals surface area contributed by atoms with Crippen LogP contribution in [0.25, 0.3) is 11.1 Å². The van der Waals surface area contributed by atoms with Crippen molar-refractivity contribution in [1.82, 2.24) is 4.57 Å². The van der Waals surface area contributed by atoms with E-state index in [2.05, 4.69) is 5.32 Å². The first-order chi connectivity index (χ1) is 12.1. The molecule has 7 heteroatoms. The van der Waals surface area contributed by atoms with Crippen LogP contribution in [0, 0.1) is 11.3 Å². The lowest BCUT2D eigenvalue weighted by molar-refractivity contribution is -0.118. The number of benzene rings is 2. The number of anilines is 1. The summed E-state index contributed by atoms with van der Waals surface area (Å²) in [4.78, 5) is 24.5. The van der Waals surface area contributed by atoms with Gasteiger partial charge in [-0.3, -0.25) is 9.36 Å². The first-order valence-electron chi connectivity index (χ1n) is 7.61. The fraction of sp³-hybridized carbons (Fsp3) is 0.167. The van der Waals surface area contributed by atoms with Gasteiger partial charge in [0.05, 0.1) is 5.52 Å². The van der Waals surface area contributed by atoms with E-state index in [9.17, 15) is 9.59 Å². The minimum absolute atomic E-state index is 0.0424. The van der Waals surface area contributed by atoms with Crippen LogP contribution in [0.15, 0.2) is 57.7 Å². The van der Waals surface area contributed by atoms with Crippen LogP contribution in [0.1, 0.15) is 13.0 Å². The molecule has 0 aliphatic rings. The number of ether oxygens (including phenoxy) is 1. The maximum Gasteiger partial charge on any atom is 0.420 e. The van der Waals surface area contributed by atoms with Gasteiger partial charge in [-0.25, -0.2) is 4.79 Å². The highest BCUT2D eigenvalue weighted by Crippen LogP contribution is 2.19. The Morgan fingerprint density at radius 1 is 1.28 bits per heavy atom. The largest absolute Gasteiger partial charge is 0.479 e. The van der Waals surface area contributed by atoms with Gasteiger partial charge in [0.1, 0.15) is 17.9 Å². The maximum absolute atomic E-state index is 12.5. The number of oxazole rings is 1. The Morgan fingerprint density at radius 2 is 2.00 bits per heavy atom. The molecule has 0 bridgehead atoms. The van der Waals surface area contributed by atoms with Crippen LogP contribution in [0.3, 0.4) is 0 Å². The maximum atomic E-state index is 12.5. The zero-order valence-electron chi connectivity index (χ0n) is 13.4. The van der Waals surface area contributed by atoms with E-state index in [1.54, 1.807) is 55.5 Å². The van der Waals surface area contributed by atoms with E-state index >= 15 is 0 Å². The number of hydrogen-bond acceptors (Lipinski definition) is 5. The van der Waals surface area contributed by atoms with Crippen LogP contribution >= 0.6 is 0 Å². The second-order valence-electron chi connectivity index (χ2n) is 5.34. The minimum atomic E-state index is -0.745. The third kappa shape index (κ3) is 3.38. The van der Waals surface area contributed by atoms with Crippen LogP contribution in [0.2, 0.25) is 0 Å². The number of nitrogens with one attached hydrogen (secondary N) is 1. The molecular formula is C18H15N3O4. The molecule has 0 aliphatic carbocycles. The molecule has 1 N–H and O–H groups in total. The Kier molecular flexibility index (Phi) is 4.53. The SMILES string of the molecule is C[C@@H](C(=O)Nc1ccc(OCC#N)cc1)n1c(=O)oc2ccccc21. The molecule has 0 aliphatic heterocycles. The lowest BCUT2D eigenvalue weighted by atomic mass is 10.2. The predicted molar refractivity (Wildman–Crippen MR) is 91.4 cm³/mol. The van der Waals surface area contributed by atoms with Gasteiger partial charge in [0.15, 0.2) is 12.2 Å². The van der Waals surface area contributed by atoms with Crippen molar-refractivity contribution in [2.45, 2.75) is 13.0 Å². The Labute approximate surface area is 143 Å². The second-order valence-corrected chi connectivity index (χ2v) is 5.34. The Morgan fingerprint density at radius 3 is 2.72 bits per heavy atom. The van der Waals surface area contributed by atoms with Gasteiger partial charge in [-0.15, -0.1) is 0 Å². The summed E-state index contributed by atoms with van der Waals surface area (Å²) in [6, 6.07) is 14.7. The molecule has 0 spiro atoms. The molecule has 1 aromatic heterocycles. The normalized spacial score (nSPS) is 11.7. The topological polar surface area (TPSA) is 97.3 Å². The van der Waals surface area contributed by atoms with Crippen molar-refractivity contribution < 1.29 is 13.9 Å². The molecule has 0 fully saturated rings. The molecule has 126 valence electrons. The van der Waals surface area contributed by atoms with Crippen LogP contribution < -0.4 is 15.8 Å². The van der Waals surface area contributed by atoms with E-state index < -0.39 is 11.8 Å². The molecule has 1 heterocycles. The van der Waals surface area contributed by atoms with Gasteiger partial charge in [-0.2, -0.15) is 5.26 Å². The summed E-state index contributed by atoms with van der Waals surface area (Å²) >= 11 is 0. The van der Waals surface area contributed by atoms with Gasteiger partial charge in [-0.05, 0) is 43.3 Å². The molecule has 7 nitrogen and oxygen atoms in total. The molecule has 1 amide bonds. The zero-order valence-corrected chi connectivity index (χ0v) is 13.4. The molecule has 0 saturated carbocycles. The number of para-hydroxylation sites is 2. The molecule has 0 saturated heterocycles. The number of amides is 1. The van der Waals surface area contributed by atoms with Crippen LogP contribution in [0.4, 0.5) is 5.69 Å². The van der Waals surface area contributed by atoms with E-state index in [1.807, 2.05) is 6.07 Å². The van der Waals surface area contributed by atoms with Gasteiger partial charge in [0.2, 0.25) is 5.91 Å². The summed E-state index contributed by atoms with van der Waals surface area (Å²) in [5.74, 6) is -0.395. The number of carbonyl (C=O) groups excluding carboxylic acids is 1. The van der Waals surface area contributed by atoms with Gasteiger partial charge in [0.25, 0.3) is 0 Å².